The minimum atomic E-state index is -1.06. The van der Waals surface area contributed by atoms with Gasteiger partial charge < -0.3 is 21.3 Å². The maximum absolute atomic E-state index is 13.5. The van der Waals surface area contributed by atoms with Gasteiger partial charge in [0.05, 0.1) is 13.2 Å². The number of nitrogens with two attached hydrogens (primary N) is 2. The first kappa shape index (κ1) is 24.5. The zero-order valence-corrected chi connectivity index (χ0v) is 17.6. The summed E-state index contributed by atoms with van der Waals surface area (Å²) in [7, 11) is 0. The maximum atomic E-state index is 13.5. The number of amides is 1. The number of aliphatic carboxylic acids is 1. The average Bonchev–Trinajstić information content (AvgIpc) is 3.07. The molecule has 0 aliphatic carbocycles. The second-order valence-electron chi connectivity index (χ2n) is 8.12. The summed E-state index contributed by atoms with van der Waals surface area (Å²) < 4.78 is 4.86. The second-order valence-corrected chi connectivity index (χ2v) is 8.12. The standard InChI is InChI=1S/C20H37N3O5/c1-4-28-20(27)17(11-10-14(2)3)23(13-7-9-16(23)19(25)26)18(24)15(22)8-5-6-12-21/h14-17H,4-13,21-22H2,1-3H3/p+1/t15-,16-,17?,23?/m0/s1. The molecule has 1 heterocycles. The van der Waals surface area contributed by atoms with Crippen LogP contribution in [0.1, 0.15) is 65.7 Å². The molecule has 28 heavy (non-hydrogen) atoms. The Labute approximate surface area is 168 Å². The Morgan fingerprint density at radius 3 is 2.39 bits per heavy atom. The predicted octanol–water partition coefficient (Wildman–Crippen LogP) is 1.40. The molecule has 0 aromatic rings. The van der Waals surface area contributed by atoms with Crippen molar-refractivity contribution in [3.8, 4) is 0 Å². The Kier molecular flexibility index (Phi) is 10.1. The van der Waals surface area contributed by atoms with E-state index in [1.807, 2.05) is 13.8 Å². The highest BCUT2D eigenvalue weighted by atomic mass is 16.5. The molecule has 1 aliphatic heterocycles. The summed E-state index contributed by atoms with van der Waals surface area (Å²) in [6.07, 6.45) is 3.90. The largest absolute Gasteiger partial charge is 0.477 e. The van der Waals surface area contributed by atoms with E-state index in [1.54, 1.807) is 6.92 Å². The summed E-state index contributed by atoms with van der Waals surface area (Å²) >= 11 is 0. The number of quaternary nitrogens is 1. The summed E-state index contributed by atoms with van der Waals surface area (Å²) in [6, 6.07) is -2.61. The number of ether oxygens (including phenoxy) is 1. The second kappa shape index (κ2) is 11.5. The molecule has 1 aliphatic rings. The molecule has 1 saturated heterocycles. The van der Waals surface area contributed by atoms with Gasteiger partial charge >= 0.3 is 17.8 Å². The lowest BCUT2D eigenvalue weighted by Crippen LogP contribution is -2.69. The Morgan fingerprint density at radius 1 is 1.18 bits per heavy atom. The fraction of sp³-hybridized carbons (Fsp3) is 0.850. The fourth-order valence-electron chi connectivity index (χ4n) is 4.25. The molecule has 0 spiro atoms. The molecular formula is C20H38N3O5+. The molecule has 0 aromatic carbocycles. The van der Waals surface area contributed by atoms with Crippen molar-refractivity contribution in [1.29, 1.82) is 0 Å². The van der Waals surface area contributed by atoms with Gasteiger partial charge in [0.2, 0.25) is 0 Å². The van der Waals surface area contributed by atoms with Crippen molar-refractivity contribution in [1.82, 2.24) is 0 Å². The summed E-state index contributed by atoms with van der Waals surface area (Å²) in [5.41, 5.74) is 11.7. The summed E-state index contributed by atoms with van der Waals surface area (Å²) in [4.78, 5) is 38.4. The van der Waals surface area contributed by atoms with E-state index in [4.69, 9.17) is 16.2 Å². The molecule has 0 aromatic heterocycles. The maximum Gasteiger partial charge on any atom is 0.365 e. The highest BCUT2D eigenvalue weighted by molar-refractivity contribution is 5.85. The number of nitrogens with zero attached hydrogens (tertiary/aromatic N) is 1. The third kappa shape index (κ3) is 5.75. The third-order valence-corrected chi connectivity index (χ3v) is 5.68. The molecule has 0 radical (unpaired) electrons. The van der Waals surface area contributed by atoms with Crippen LogP contribution in [-0.4, -0.2) is 65.3 Å². The number of hydrogen-bond acceptors (Lipinski definition) is 6. The number of esters is 1. The van der Waals surface area contributed by atoms with Gasteiger partial charge in [0.1, 0.15) is 6.04 Å². The van der Waals surface area contributed by atoms with Crippen LogP contribution >= 0.6 is 0 Å². The van der Waals surface area contributed by atoms with Crippen LogP contribution in [0, 0.1) is 5.92 Å². The lowest BCUT2D eigenvalue weighted by Gasteiger charge is -2.42. The molecule has 1 fully saturated rings. The molecule has 8 nitrogen and oxygen atoms in total. The Hall–Kier alpha value is -1.51. The highest BCUT2D eigenvalue weighted by Gasteiger charge is 2.60. The summed E-state index contributed by atoms with van der Waals surface area (Å²) in [6.45, 7) is 6.78. The van der Waals surface area contributed by atoms with Crippen molar-refractivity contribution in [3.63, 3.8) is 0 Å². The lowest BCUT2D eigenvalue weighted by molar-refractivity contribution is -0.876. The van der Waals surface area contributed by atoms with E-state index in [0.29, 0.717) is 57.5 Å². The number of carboxylic acid groups (broad SMARTS) is 1. The van der Waals surface area contributed by atoms with Crippen LogP contribution in [0.2, 0.25) is 0 Å². The third-order valence-electron chi connectivity index (χ3n) is 5.68. The number of hydrogen-bond donors (Lipinski definition) is 3. The first-order valence-corrected chi connectivity index (χ1v) is 10.5. The molecule has 1 amide bonds. The average molecular weight is 401 g/mol. The number of rotatable bonds is 12. The van der Waals surface area contributed by atoms with Gasteiger partial charge in [-0.3, -0.25) is 0 Å². The quantitative estimate of drug-likeness (QED) is 0.256. The SMILES string of the molecule is CCOC(=O)C(CCC(C)C)[N+]1(C(=O)[C@@H](N)CCCCN)CCC[C@H]1C(=O)O. The van der Waals surface area contributed by atoms with Crippen molar-refractivity contribution in [2.24, 2.45) is 17.4 Å². The van der Waals surface area contributed by atoms with Crippen LogP contribution in [0.25, 0.3) is 0 Å². The van der Waals surface area contributed by atoms with E-state index in [2.05, 4.69) is 0 Å². The molecule has 5 N–H and O–H groups in total. The van der Waals surface area contributed by atoms with E-state index in [9.17, 15) is 19.5 Å². The van der Waals surface area contributed by atoms with Gasteiger partial charge in [-0.25, -0.2) is 18.9 Å². The van der Waals surface area contributed by atoms with Gasteiger partial charge in [-0.1, -0.05) is 13.8 Å². The first-order chi connectivity index (χ1) is 13.2. The minimum absolute atomic E-state index is 0.186. The number of unbranched alkanes of at least 4 members (excludes halogenated alkanes) is 1. The van der Waals surface area contributed by atoms with Crippen molar-refractivity contribution < 1.29 is 28.7 Å². The van der Waals surface area contributed by atoms with E-state index in [1.165, 1.54) is 0 Å². The van der Waals surface area contributed by atoms with E-state index in [0.717, 1.165) is 6.42 Å². The number of likely N-dealkylation sites (tertiary alicyclic amines) is 1. The number of carbonyl (C=O) groups excluding carboxylic acids is 2. The van der Waals surface area contributed by atoms with E-state index < -0.39 is 34.5 Å². The molecular weight excluding hydrogens is 362 g/mol. The van der Waals surface area contributed by atoms with E-state index >= 15 is 0 Å². The summed E-state index contributed by atoms with van der Waals surface area (Å²) in [5, 5.41) is 9.85. The van der Waals surface area contributed by atoms with Crippen LogP contribution < -0.4 is 11.5 Å². The zero-order chi connectivity index (χ0) is 21.3. The van der Waals surface area contributed by atoms with Crippen LogP contribution in [0.4, 0.5) is 0 Å². The predicted molar refractivity (Wildman–Crippen MR) is 106 cm³/mol. The molecule has 0 saturated carbocycles. The van der Waals surface area contributed by atoms with Crippen molar-refractivity contribution >= 4 is 17.8 Å². The Morgan fingerprint density at radius 2 is 1.86 bits per heavy atom. The van der Waals surface area contributed by atoms with Gasteiger partial charge in [0.15, 0.2) is 12.1 Å². The molecule has 0 bridgehead atoms. The van der Waals surface area contributed by atoms with Gasteiger partial charge in [-0.05, 0) is 45.1 Å². The van der Waals surface area contributed by atoms with Gasteiger partial charge in [0, 0.05) is 19.3 Å². The number of carboxylic acids is 1. The first-order valence-electron chi connectivity index (χ1n) is 10.5. The van der Waals surface area contributed by atoms with Crippen LogP contribution in [0.3, 0.4) is 0 Å². The van der Waals surface area contributed by atoms with Crippen LogP contribution in [-0.2, 0) is 19.1 Å². The molecule has 8 heteroatoms. The molecule has 4 atom stereocenters. The lowest BCUT2D eigenvalue weighted by atomic mass is 9.96. The summed E-state index contributed by atoms with van der Waals surface area (Å²) in [5.74, 6) is -1.60. The van der Waals surface area contributed by atoms with Gasteiger partial charge in [-0.15, -0.1) is 0 Å². The normalized spacial score (nSPS) is 24.1. The minimum Gasteiger partial charge on any atom is -0.477 e. The smallest absolute Gasteiger partial charge is 0.365 e. The van der Waals surface area contributed by atoms with Crippen LogP contribution in [0.5, 0.6) is 0 Å². The fourth-order valence-corrected chi connectivity index (χ4v) is 4.25. The topological polar surface area (TPSA) is 133 Å². The Balaban J connectivity index is 3.31. The highest BCUT2D eigenvalue weighted by Crippen LogP contribution is 2.35. The van der Waals surface area contributed by atoms with Crippen molar-refractivity contribution in [2.45, 2.75) is 83.8 Å². The van der Waals surface area contributed by atoms with E-state index in [-0.39, 0.29) is 12.5 Å². The molecule has 1 rings (SSSR count). The van der Waals surface area contributed by atoms with Gasteiger partial charge in [-0.2, -0.15) is 0 Å². The number of carbonyl (C=O) groups is 3. The molecule has 2 unspecified atom stereocenters. The van der Waals surface area contributed by atoms with Gasteiger partial charge in [0.25, 0.3) is 0 Å². The zero-order valence-electron chi connectivity index (χ0n) is 17.6. The van der Waals surface area contributed by atoms with Crippen LogP contribution in [0.15, 0.2) is 0 Å². The van der Waals surface area contributed by atoms with Crippen molar-refractivity contribution in [3.05, 3.63) is 0 Å². The van der Waals surface area contributed by atoms with Crippen molar-refractivity contribution in [2.75, 3.05) is 19.7 Å². The Bertz CT molecular complexity index is 540. The molecule has 162 valence electrons. The monoisotopic (exact) mass is 400 g/mol.